The molecule has 0 aliphatic heterocycles. The van der Waals surface area contributed by atoms with Crippen LogP contribution in [0.1, 0.15) is 36.3 Å². The molecule has 0 saturated carbocycles. The van der Waals surface area contributed by atoms with Gasteiger partial charge in [-0.1, -0.05) is 6.07 Å². The molecule has 1 aromatic heterocycles. The molecule has 2 aromatic rings. The van der Waals surface area contributed by atoms with E-state index in [0.29, 0.717) is 6.07 Å². The zero-order chi connectivity index (χ0) is 19.4. The van der Waals surface area contributed by atoms with Crippen LogP contribution in [0.3, 0.4) is 0 Å². The Morgan fingerprint density at radius 1 is 1.27 bits per heavy atom. The molecule has 1 unspecified atom stereocenters. The summed E-state index contributed by atoms with van der Waals surface area (Å²) in [6.07, 6.45) is -0.624. The van der Waals surface area contributed by atoms with E-state index >= 15 is 0 Å². The van der Waals surface area contributed by atoms with Crippen LogP contribution in [0.25, 0.3) is 0 Å². The van der Waals surface area contributed by atoms with E-state index in [1.807, 2.05) is 0 Å². The Hall–Kier alpha value is -2.81. The molecule has 1 aromatic carbocycles. The molecule has 1 atom stereocenters. The third kappa shape index (κ3) is 3.88. The van der Waals surface area contributed by atoms with E-state index in [1.165, 1.54) is 6.92 Å². The number of ether oxygens (including phenoxy) is 1. The molecule has 26 heavy (non-hydrogen) atoms. The van der Waals surface area contributed by atoms with E-state index in [2.05, 4.69) is 0 Å². The average molecular weight is 372 g/mol. The molecule has 0 spiro atoms. The van der Waals surface area contributed by atoms with Crippen LogP contribution in [0, 0.1) is 17.5 Å². The highest BCUT2D eigenvalue weighted by molar-refractivity contribution is 5.71. The summed E-state index contributed by atoms with van der Waals surface area (Å²) in [6, 6.07) is 2.31. The summed E-state index contributed by atoms with van der Waals surface area (Å²) in [5.74, 6) is -8.94. The second-order valence-corrected chi connectivity index (χ2v) is 5.27. The normalized spacial score (nSPS) is 12.0. The number of hydrogen-bond donors (Lipinski definition) is 2. The summed E-state index contributed by atoms with van der Waals surface area (Å²) in [7, 11) is 0. The van der Waals surface area contributed by atoms with Gasteiger partial charge in [0.2, 0.25) is 11.2 Å². The molecular formula is C17H15F3O6. The van der Waals surface area contributed by atoms with Gasteiger partial charge in [-0.2, -0.15) is 0 Å². The van der Waals surface area contributed by atoms with Crippen molar-refractivity contribution in [2.24, 2.45) is 0 Å². The number of esters is 1. The van der Waals surface area contributed by atoms with Crippen LogP contribution in [-0.4, -0.2) is 22.8 Å². The standard InChI is InChI=1S/C17H15F3O6/c1-2-25-13(23)6-10(9-3-4-11(18)15(20)14(9)19)17-16(24)12(22)5-8(7-21)26-17/h3-5,10,21,24H,2,6-7H2,1H3. The predicted molar refractivity (Wildman–Crippen MR) is 82.0 cm³/mol. The van der Waals surface area contributed by atoms with Crippen LogP contribution >= 0.6 is 0 Å². The zero-order valence-corrected chi connectivity index (χ0v) is 13.6. The molecule has 0 saturated heterocycles. The smallest absolute Gasteiger partial charge is 0.306 e. The Bertz CT molecular complexity index is 878. The van der Waals surface area contributed by atoms with Gasteiger partial charge in [0.05, 0.1) is 18.9 Å². The van der Waals surface area contributed by atoms with Gasteiger partial charge in [-0.05, 0) is 13.0 Å². The minimum Gasteiger partial charge on any atom is -0.502 e. The molecule has 0 aliphatic carbocycles. The maximum absolute atomic E-state index is 14.2. The van der Waals surface area contributed by atoms with Crippen molar-refractivity contribution in [3.05, 3.63) is 63.0 Å². The lowest BCUT2D eigenvalue weighted by molar-refractivity contribution is -0.143. The monoisotopic (exact) mass is 372 g/mol. The lowest BCUT2D eigenvalue weighted by Gasteiger charge is -2.18. The predicted octanol–water partition coefficient (Wildman–Crippen LogP) is 2.34. The summed E-state index contributed by atoms with van der Waals surface area (Å²) in [6.45, 7) is 0.808. The number of hydrogen-bond acceptors (Lipinski definition) is 6. The van der Waals surface area contributed by atoms with E-state index in [9.17, 15) is 27.9 Å². The summed E-state index contributed by atoms with van der Waals surface area (Å²) in [4.78, 5) is 23.7. The second-order valence-electron chi connectivity index (χ2n) is 5.27. The SMILES string of the molecule is CCOC(=O)CC(c1ccc(F)c(F)c1F)c1oc(CO)cc(=O)c1O. The highest BCUT2D eigenvalue weighted by atomic mass is 19.2. The van der Waals surface area contributed by atoms with Gasteiger partial charge in [-0.3, -0.25) is 9.59 Å². The number of halogens is 3. The summed E-state index contributed by atoms with van der Waals surface area (Å²) in [5, 5.41) is 19.1. The van der Waals surface area contributed by atoms with Crippen LogP contribution in [0.5, 0.6) is 5.75 Å². The van der Waals surface area contributed by atoms with E-state index in [4.69, 9.17) is 14.3 Å². The van der Waals surface area contributed by atoms with Crippen LogP contribution in [0.15, 0.2) is 27.4 Å². The van der Waals surface area contributed by atoms with Crippen LogP contribution < -0.4 is 5.43 Å². The van der Waals surface area contributed by atoms with Gasteiger partial charge < -0.3 is 19.4 Å². The van der Waals surface area contributed by atoms with Crippen molar-refractivity contribution in [3.8, 4) is 5.75 Å². The number of aliphatic hydroxyl groups excluding tert-OH is 1. The molecular weight excluding hydrogens is 357 g/mol. The van der Waals surface area contributed by atoms with E-state index in [1.54, 1.807) is 0 Å². The van der Waals surface area contributed by atoms with Gasteiger partial charge in [0.1, 0.15) is 12.4 Å². The molecule has 9 heteroatoms. The van der Waals surface area contributed by atoms with Gasteiger partial charge in [0.15, 0.2) is 23.2 Å². The third-order valence-corrected chi connectivity index (χ3v) is 3.59. The molecule has 0 bridgehead atoms. The molecule has 6 nitrogen and oxygen atoms in total. The Kier molecular flexibility index (Phi) is 6.04. The van der Waals surface area contributed by atoms with Crippen LogP contribution in [-0.2, 0) is 16.1 Å². The number of carbonyl (C=O) groups is 1. The first-order valence-corrected chi connectivity index (χ1v) is 7.55. The zero-order valence-electron chi connectivity index (χ0n) is 13.6. The maximum atomic E-state index is 14.2. The molecule has 1 heterocycles. The van der Waals surface area contributed by atoms with E-state index < -0.39 is 64.9 Å². The minimum atomic E-state index is -1.78. The quantitative estimate of drug-likeness (QED) is 0.597. The molecule has 2 N–H and O–H groups in total. The largest absolute Gasteiger partial charge is 0.502 e. The molecule has 0 radical (unpaired) electrons. The topological polar surface area (TPSA) is 97.0 Å². The Morgan fingerprint density at radius 3 is 2.58 bits per heavy atom. The fourth-order valence-corrected chi connectivity index (χ4v) is 2.41. The molecule has 140 valence electrons. The summed E-state index contributed by atoms with van der Waals surface area (Å²) < 4.78 is 51.0. The first-order chi connectivity index (χ1) is 12.3. The fraction of sp³-hybridized carbons (Fsp3) is 0.294. The van der Waals surface area contributed by atoms with Gasteiger partial charge >= 0.3 is 5.97 Å². The Balaban J connectivity index is 2.67. The van der Waals surface area contributed by atoms with Gasteiger partial charge in [-0.25, -0.2) is 13.2 Å². The summed E-state index contributed by atoms with van der Waals surface area (Å²) in [5.41, 5.74) is -1.47. The lowest BCUT2D eigenvalue weighted by Crippen LogP contribution is -2.16. The lowest BCUT2D eigenvalue weighted by atomic mass is 9.91. The highest BCUT2D eigenvalue weighted by Gasteiger charge is 2.30. The number of carbonyl (C=O) groups excluding carboxylic acids is 1. The molecule has 0 amide bonds. The number of benzene rings is 1. The van der Waals surface area contributed by atoms with Crippen molar-refractivity contribution in [2.75, 3.05) is 6.61 Å². The van der Waals surface area contributed by atoms with Crippen molar-refractivity contribution >= 4 is 5.97 Å². The van der Waals surface area contributed by atoms with Gasteiger partial charge in [0.25, 0.3) is 0 Å². The average Bonchev–Trinajstić information content (AvgIpc) is 2.61. The van der Waals surface area contributed by atoms with Gasteiger partial charge in [0, 0.05) is 11.6 Å². The van der Waals surface area contributed by atoms with E-state index in [-0.39, 0.29) is 12.4 Å². The second kappa shape index (κ2) is 8.05. The number of aromatic hydroxyl groups is 1. The van der Waals surface area contributed by atoms with Crippen molar-refractivity contribution in [1.29, 1.82) is 0 Å². The molecule has 0 aliphatic rings. The van der Waals surface area contributed by atoms with Crippen molar-refractivity contribution < 1.29 is 37.3 Å². The number of rotatable bonds is 6. The molecule has 0 fully saturated rings. The van der Waals surface area contributed by atoms with E-state index in [0.717, 1.165) is 12.1 Å². The highest BCUT2D eigenvalue weighted by Crippen LogP contribution is 2.35. The Labute approximate surface area is 145 Å². The van der Waals surface area contributed by atoms with Crippen LogP contribution in [0.4, 0.5) is 13.2 Å². The third-order valence-electron chi connectivity index (χ3n) is 3.59. The van der Waals surface area contributed by atoms with Gasteiger partial charge in [-0.15, -0.1) is 0 Å². The maximum Gasteiger partial charge on any atom is 0.306 e. The first kappa shape index (κ1) is 19.5. The minimum absolute atomic E-state index is 0.00156. The first-order valence-electron chi connectivity index (χ1n) is 7.55. The fourth-order valence-electron chi connectivity index (χ4n) is 2.41. The number of aliphatic hydroxyl groups is 1. The van der Waals surface area contributed by atoms with Crippen molar-refractivity contribution in [1.82, 2.24) is 0 Å². The molecule has 2 rings (SSSR count). The van der Waals surface area contributed by atoms with Crippen molar-refractivity contribution in [3.63, 3.8) is 0 Å². The summed E-state index contributed by atoms with van der Waals surface area (Å²) >= 11 is 0. The van der Waals surface area contributed by atoms with Crippen molar-refractivity contribution in [2.45, 2.75) is 25.9 Å². The Morgan fingerprint density at radius 2 is 1.96 bits per heavy atom. The van der Waals surface area contributed by atoms with Crippen LogP contribution in [0.2, 0.25) is 0 Å².